The highest BCUT2D eigenvalue weighted by Crippen LogP contribution is 2.25. The zero-order valence-corrected chi connectivity index (χ0v) is 13.5. The molecule has 0 N–H and O–H groups in total. The zero-order valence-electron chi connectivity index (χ0n) is 12.0. The second-order valence-corrected chi connectivity index (χ2v) is 5.78. The number of hydrogen-bond donors (Lipinski definition) is 0. The van der Waals surface area contributed by atoms with E-state index in [1.807, 2.05) is 0 Å². The van der Waals surface area contributed by atoms with Gasteiger partial charge in [-0.3, -0.25) is 9.78 Å². The lowest BCUT2D eigenvalue weighted by Crippen LogP contribution is -2.44. The van der Waals surface area contributed by atoms with E-state index in [2.05, 4.69) is 4.98 Å². The highest BCUT2D eigenvalue weighted by atomic mass is 35.5. The lowest BCUT2D eigenvalue weighted by atomic mass is 10.1. The minimum atomic E-state index is -0.0768. The fraction of sp³-hybridized carbons (Fsp3) is 0.571. The van der Waals surface area contributed by atoms with Crippen LogP contribution in [0.1, 0.15) is 12.0 Å². The van der Waals surface area contributed by atoms with E-state index in [4.69, 9.17) is 32.7 Å². The van der Waals surface area contributed by atoms with Crippen LogP contribution in [-0.4, -0.2) is 55.3 Å². The molecule has 0 aromatic carbocycles. The van der Waals surface area contributed by atoms with Gasteiger partial charge >= 0.3 is 0 Å². The van der Waals surface area contributed by atoms with Crippen molar-refractivity contribution in [2.24, 2.45) is 0 Å². The van der Waals surface area contributed by atoms with Crippen molar-refractivity contribution in [1.29, 1.82) is 0 Å². The van der Waals surface area contributed by atoms with E-state index >= 15 is 0 Å². The van der Waals surface area contributed by atoms with Gasteiger partial charge in [-0.1, -0.05) is 23.2 Å². The molecule has 1 aromatic heterocycles. The molecule has 0 spiro atoms. The van der Waals surface area contributed by atoms with Crippen molar-refractivity contribution in [3.63, 3.8) is 0 Å². The maximum atomic E-state index is 12.3. The van der Waals surface area contributed by atoms with Crippen molar-refractivity contribution in [2.75, 3.05) is 27.4 Å². The molecule has 2 atom stereocenters. The van der Waals surface area contributed by atoms with Gasteiger partial charge < -0.3 is 14.4 Å². The molecule has 5 nitrogen and oxygen atoms in total. The number of carbonyl (C=O) groups excluding carboxylic acids is 1. The molecule has 0 aliphatic carbocycles. The molecule has 1 fully saturated rings. The maximum absolute atomic E-state index is 12.3. The first kappa shape index (κ1) is 16.5. The minimum Gasteiger partial charge on any atom is -0.377 e. The molecule has 2 rings (SSSR count). The van der Waals surface area contributed by atoms with Crippen molar-refractivity contribution >= 4 is 29.1 Å². The number of amides is 1. The molecular formula is C14H18Cl2N2O3. The Kier molecular flexibility index (Phi) is 5.81. The van der Waals surface area contributed by atoms with E-state index in [9.17, 15) is 4.79 Å². The summed E-state index contributed by atoms with van der Waals surface area (Å²) in [6.45, 7) is 1.01. The van der Waals surface area contributed by atoms with Crippen LogP contribution in [0.15, 0.2) is 12.4 Å². The predicted octanol–water partition coefficient (Wildman–Crippen LogP) is 2.19. The summed E-state index contributed by atoms with van der Waals surface area (Å²) in [6.07, 6.45) is 3.79. The summed E-state index contributed by atoms with van der Waals surface area (Å²) in [5.74, 6) is 0.0106. The van der Waals surface area contributed by atoms with Crippen molar-refractivity contribution < 1.29 is 14.3 Å². The molecule has 7 heteroatoms. The summed E-state index contributed by atoms with van der Waals surface area (Å²) in [7, 11) is 3.39. The summed E-state index contributed by atoms with van der Waals surface area (Å²) in [5, 5.41) is 0.967. The number of nitrogens with zero attached hydrogens (tertiary/aromatic N) is 2. The van der Waals surface area contributed by atoms with Gasteiger partial charge in [0.05, 0.1) is 29.3 Å². The first-order valence-corrected chi connectivity index (χ1v) is 7.44. The lowest BCUT2D eigenvalue weighted by Gasteiger charge is -2.27. The Balaban J connectivity index is 1.95. The third-order valence-electron chi connectivity index (χ3n) is 3.73. The third kappa shape index (κ3) is 3.86. The Labute approximate surface area is 134 Å². The van der Waals surface area contributed by atoms with Crippen LogP contribution in [0.4, 0.5) is 0 Å². The largest absolute Gasteiger partial charge is 0.377 e. The Morgan fingerprint density at radius 3 is 2.71 bits per heavy atom. The molecule has 116 valence electrons. The zero-order chi connectivity index (χ0) is 15.4. The van der Waals surface area contributed by atoms with E-state index in [-0.39, 0.29) is 18.1 Å². The molecule has 1 amide bonds. The number of hydrogen-bond acceptors (Lipinski definition) is 4. The van der Waals surface area contributed by atoms with Gasteiger partial charge in [0, 0.05) is 33.0 Å². The SMILES string of the molecule is CO[C@@H]1COC[C@@H]1N(C)C(=O)CCc1c(Cl)cncc1Cl. The van der Waals surface area contributed by atoms with Crippen LogP contribution in [0.3, 0.4) is 0 Å². The third-order valence-corrected chi connectivity index (χ3v) is 4.39. The molecule has 1 aromatic rings. The summed E-state index contributed by atoms with van der Waals surface area (Å²) < 4.78 is 10.7. The lowest BCUT2D eigenvalue weighted by molar-refractivity contribution is -0.133. The van der Waals surface area contributed by atoms with E-state index < -0.39 is 0 Å². The number of rotatable bonds is 5. The van der Waals surface area contributed by atoms with Crippen LogP contribution in [0, 0.1) is 0 Å². The normalized spacial score (nSPS) is 21.5. The molecule has 0 saturated carbocycles. The highest BCUT2D eigenvalue weighted by molar-refractivity contribution is 6.35. The number of halogens is 2. The van der Waals surface area contributed by atoms with Crippen molar-refractivity contribution in [3.8, 4) is 0 Å². The monoisotopic (exact) mass is 332 g/mol. The van der Waals surface area contributed by atoms with E-state index in [0.29, 0.717) is 36.1 Å². The first-order chi connectivity index (χ1) is 10.0. The predicted molar refractivity (Wildman–Crippen MR) is 80.8 cm³/mol. The molecule has 1 saturated heterocycles. The van der Waals surface area contributed by atoms with Crippen LogP contribution in [0.25, 0.3) is 0 Å². The quantitative estimate of drug-likeness (QED) is 0.829. The molecule has 21 heavy (non-hydrogen) atoms. The molecule has 0 unspecified atom stereocenters. The number of aromatic nitrogens is 1. The average molecular weight is 333 g/mol. The van der Waals surface area contributed by atoms with Crippen LogP contribution in [0.5, 0.6) is 0 Å². The summed E-state index contributed by atoms with van der Waals surface area (Å²) >= 11 is 12.1. The van der Waals surface area contributed by atoms with E-state index in [0.717, 1.165) is 5.56 Å². The van der Waals surface area contributed by atoms with Gasteiger partial charge in [0.2, 0.25) is 5.91 Å². The number of methoxy groups -OCH3 is 1. The van der Waals surface area contributed by atoms with Crippen molar-refractivity contribution in [3.05, 3.63) is 28.0 Å². The van der Waals surface area contributed by atoms with Crippen molar-refractivity contribution in [1.82, 2.24) is 9.88 Å². The van der Waals surface area contributed by atoms with Gasteiger partial charge in [0.15, 0.2) is 0 Å². The molecule has 1 aliphatic rings. The van der Waals surface area contributed by atoms with Gasteiger partial charge in [0.25, 0.3) is 0 Å². The Hall–Kier alpha value is -0.880. The Morgan fingerprint density at radius 2 is 2.10 bits per heavy atom. The Bertz CT molecular complexity index is 493. The van der Waals surface area contributed by atoms with Gasteiger partial charge in [-0.15, -0.1) is 0 Å². The van der Waals surface area contributed by atoms with E-state index in [1.54, 1.807) is 19.1 Å². The summed E-state index contributed by atoms with van der Waals surface area (Å²) in [4.78, 5) is 17.9. The fourth-order valence-corrected chi connectivity index (χ4v) is 2.93. The highest BCUT2D eigenvalue weighted by Gasteiger charge is 2.33. The van der Waals surface area contributed by atoms with E-state index in [1.165, 1.54) is 12.4 Å². The smallest absolute Gasteiger partial charge is 0.223 e. The maximum Gasteiger partial charge on any atom is 0.223 e. The first-order valence-electron chi connectivity index (χ1n) is 6.68. The molecule has 1 aliphatic heterocycles. The van der Waals surface area contributed by atoms with Crippen LogP contribution in [0.2, 0.25) is 10.0 Å². The number of carbonyl (C=O) groups is 1. The Morgan fingerprint density at radius 1 is 1.43 bits per heavy atom. The second-order valence-electron chi connectivity index (χ2n) is 4.97. The van der Waals surface area contributed by atoms with Crippen LogP contribution >= 0.6 is 23.2 Å². The number of pyridine rings is 1. The topological polar surface area (TPSA) is 51.7 Å². The van der Waals surface area contributed by atoms with Gasteiger partial charge in [-0.05, 0) is 12.0 Å². The van der Waals surface area contributed by atoms with Gasteiger partial charge in [-0.2, -0.15) is 0 Å². The van der Waals surface area contributed by atoms with Gasteiger partial charge in [0.1, 0.15) is 6.10 Å². The standard InChI is InChI=1S/C14H18Cl2N2O3/c1-18(12-7-21-8-13(12)20-2)14(19)4-3-9-10(15)5-17-6-11(9)16/h5-6,12-13H,3-4,7-8H2,1-2H3/t12-,13+/m0/s1. The molecular weight excluding hydrogens is 315 g/mol. The molecule has 2 heterocycles. The average Bonchev–Trinajstić information content (AvgIpc) is 2.94. The van der Waals surface area contributed by atoms with Gasteiger partial charge in [-0.25, -0.2) is 0 Å². The second kappa shape index (κ2) is 7.40. The number of likely N-dealkylation sites (N-methyl/N-ethyl adjacent to an activating group) is 1. The molecule has 0 bridgehead atoms. The van der Waals surface area contributed by atoms with Crippen LogP contribution in [-0.2, 0) is 20.7 Å². The number of ether oxygens (including phenoxy) is 2. The summed E-state index contributed by atoms with van der Waals surface area (Å²) in [5.41, 5.74) is 0.751. The molecule has 0 radical (unpaired) electrons. The summed E-state index contributed by atoms with van der Waals surface area (Å²) in [6, 6.07) is -0.0501. The van der Waals surface area contributed by atoms with Crippen LogP contribution < -0.4 is 0 Å². The fourth-order valence-electron chi connectivity index (χ4n) is 2.38. The van der Waals surface area contributed by atoms with Crippen molar-refractivity contribution in [2.45, 2.75) is 25.0 Å². The minimum absolute atomic E-state index is 0.0106.